The van der Waals surface area contributed by atoms with E-state index >= 15 is 0 Å². The summed E-state index contributed by atoms with van der Waals surface area (Å²) in [5.74, 6) is -0.0128. The SMILES string of the molecule is CCCCC(C)(CC)N/C(=C(\N)c1ccc2c(c1)CCO2)c1ccc(C(=O)O)cc1. The normalized spacial score (nSPS) is 15.6. The van der Waals surface area contributed by atoms with Crippen LogP contribution in [0.4, 0.5) is 0 Å². The quantitative estimate of drug-likeness (QED) is 0.506. The van der Waals surface area contributed by atoms with Gasteiger partial charge in [-0.25, -0.2) is 4.79 Å². The minimum absolute atomic E-state index is 0.110. The molecule has 2 aromatic carbocycles. The van der Waals surface area contributed by atoms with Crippen molar-refractivity contribution in [1.82, 2.24) is 5.32 Å². The molecule has 1 heterocycles. The summed E-state index contributed by atoms with van der Waals surface area (Å²) in [7, 11) is 0. The van der Waals surface area contributed by atoms with E-state index < -0.39 is 5.97 Å². The molecule has 5 heteroatoms. The number of fused-ring (bicyclic) bond motifs is 1. The zero-order valence-electron chi connectivity index (χ0n) is 18.1. The topological polar surface area (TPSA) is 84.6 Å². The van der Waals surface area contributed by atoms with Crippen LogP contribution in [-0.4, -0.2) is 23.2 Å². The van der Waals surface area contributed by atoms with Gasteiger partial charge in [0.2, 0.25) is 0 Å². The molecule has 0 aromatic heterocycles. The maximum atomic E-state index is 11.3. The van der Waals surface area contributed by atoms with E-state index in [1.165, 1.54) is 5.56 Å². The molecule has 1 aliphatic rings. The number of hydrogen-bond acceptors (Lipinski definition) is 4. The van der Waals surface area contributed by atoms with E-state index in [-0.39, 0.29) is 11.1 Å². The summed E-state index contributed by atoms with van der Waals surface area (Å²) in [5, 5.41) is 13.0. The van der Waals surface area contributed by atoms with Gasteiger partial charge in [0, 0.05) is 17.5 Å². The number of rotatable bonds is 9. The Morgan fingerprint density at radius 3 is 2.43 bits per heavy atom. The van der Waals surface area contributed by atoms with Gasteiger partial charge in [-0.3, -0.25) is 0 Å². The standard InChI is InChI=1S/C25H32N2O3/c1-4-6-14-25(3,5-2)27-23(17-7-9-18(10-8-17)24(28)29)22(26)20-11-12-21-19(16-20)13-15-30-21/h7-12,16,27H,4-6,13-15,26H2,1-3H3,(H,28,29)/b23-22-. The Kier molecular flexibility index (Phi) is 6.70. The minimum Gasteiger partial charge on any atom is -0.493 e. The van der Waals surface area contributed by atoms with E-state index in [0.717, 1.165) is 54.7 Å². The number of nitrogens with two attached hydrogens (primary N) is 1. The highest BCUT2D eigenvalue weighted by molar-refractivity contribution is 5.91. The molecule has 0 aliphatic carbocycles. The van der Waals surface area contributed by atoms with E-state index in [4.69, 9.17) is 10.5 Å². The third-order valence-electron chi connectivity index (χ3n) is 5.98. The molecule has 5 nitrogen and oxygen atoms in total. The second-order valence-corrected chi connectivity index (χ2v) is 8.23. The van der Waals surface area contributed by atoms with Gasteiger partial charge in [0.25, 0.3) is 0 Å². The molecule has 0 fully saturated rings. The van der Waals surface area contributed by atoms with Crippen molar-refractivity contribution in [2.45, 2.75) is 58.4 Å². The molecular weight excluding hydrogens is 376 g/mol. The third-order valence-corrected chi connectivity index (χ3v) is 5.98. The first-order valence-corrected chi connectivity index (χ1v) is 10.7. The summed E-state index contributed by atoms with van der Waals surface area (Å²) in [5.41, 5.74) is 11.3. The first-order chi connectivity index (χ1) is 14.4. The van der Waals surface area contributed by atoms with Crippen molar-refractivity contribution in [3.63, 3.8) is 0 Å². The zero-order chi connectivity index (χ0) is 21.7. The Labute approximate surface area is 178 Å². The van der Waals surface area contributed by atoms with Gasteiger partial charge in [-0.2, -0.15) is 0 Å². The van der Waals surface area contributed by atoms with Crippen LogP contribution in [0, 0.1) is 0 Å². The van der Waals surface area contributed by atoms with Gasteiger partial charge in [-0.15, -0.1) is 0 Å². The Morgan fingerprint density at radius 1 is 1.13 bits per heavy atom. The molecule has 0 amide bonds. The summed E-state index contributed by atoms with van der Waals surface area (Å²) in [4.78, 5) is 11.3. The molecule has 1 atom stereocenters. The average molecular weight is 409 g/mol. The highest BCUT2D eigenvalue weighted by atomic mass is 16.5. The van der Waals surface area contributed by atoms with Gasteiger partial charge in [0.1, 0.15) is 5.75 Å². The molecule has 0 saturated carbocycles. The number of hydrogen-bond donors (Lipinski definition) is 3. The predicted molar refractivity (Wildman–Crippen MR) is 121 cm³/mol. The maximum absolute atomic E-state index is 11.3. The van der Waals surface area contributed by atoms with Crippen molar-refractivity contribution >= 4 is 17.4 Å². The van der Waals surface area contributed by atoms with Crippen LogP contribution in [0.15, 0.2) is 42.5 Å². The van der Waals surface area contributed by atoms with Crippen molar-refractivity contribution in [3.05, 3.63) is 64.7 Å². The predicted octanol–water partition coefficient (Wildman–Crippen LogP) is 5.05. The van der Waals surface area contributed by atoms with Crippen LogP contribution in [0.3, 0.4) is 0 Å². The van der Waals surface area contributed by atoms with Crippen LogP contribution in [0.5, 0.6) is 5.75 Å². The number of carboxylic acids is 1. The lowest BCUT2D eigenvalue weighted by Crippen LogP contribution is -2.41. The molecule has 0 radical (unpaired) electrons. The van der Waals surface area contributed by atoms with Crippen LogP contribution in [0.2, 0.25) is 0 Å². The van der Waals surface area contributed by atoms with E-state index in [1.54, 1.807) is 12.1 Å². The fourth-order valence-corrected chi connectivity index (χ4v) is 3.77. The smallest absolute Gasteiger partial charge is 0.335 e. The fourth-order valence-electron chi connectivity index (χ4n) is 3.77. The molecule has 2 aromatic rings. The Morgan fingerprint density at radius 2 is 1.80 bits per heavy atom. The van der Waals surface area contributed by atoms with Crippen molar-refractivity contribution in [2.24, 2.45) is 5.73 Å². The molecule has 30 heavy (non-hydrogen) atoms. The first kappa shape index (κ1) is 21.8. The Bertz CT molecular complexity index is 934. The zero-order valence-corrected chi connectivity index (χ0v) is 18.1. The lowest BCUT2D eigenvalue weighted by Gasteiger charge is -2.33. The largest absolute Gasteiger partial charge is 0.493 e. The summed E-state index contributed by atoms with van der Waals surface area (Å²) < 4.78 is 5.63. The molecule has 160 valence electrons. The molecule has 3 rings (SSSR count). The number of nitrogens with one attached hydrogen (secondary N) is 1. The first-order valence-electron chi connectivity index (χ1n) is 10.7. The minimum atomic E-state index is -0.937. The summed E-state index contributed by atoms with van der Waals surface area (Å²) in [6.45, 7) is 7.29. The number of unbranched alkanes of at least 4 members (excludes halogenated alkanes) is 1. The van der Waals surface area contributed by atoms with Crippen LogP contribution in [0.25, 0.3) is 11.4 Å². The van der Waals surface area contributed by atoms with Gasteiger partial charge in [0.15, 0.2) is 0 Å². The van der Waals surface area contributed by atoms with E-state index in [2.05, 4.69) is 32.2 Å². The number of ether oxygens (including phenoxy) is 1. The van der Waals surface area contributed by atoms with Crippen LogP contribution < -0.4 is 15.8 Å². The molecule has 0 spiro atoms. The van der Waals surface area contributed by atoms with Crippen molar-refractivity contribution in [2.75, 3.05) is 6.61 Å². The highest BCUT2D eigenvalue weighted by Gasteiger charge is 2.25. The van der Waals surface area contributed by atoms with Crippen molar-refractivity contribution in [3.8, 4) is 5.75 Å². The van der Waals surface area contributed by atoms with Gasteiger partial charge in [0.05, 0.1) is 23.6 Å². The van der Waals surface area contributed by atoms with E-state index in [9.17, 15) is 9.90 Å². The molecule has 1 aliphatic heterocycles. The van der Waals surface area contributed by atoms with Crippen LogP contribution >= 0.6 is 0 Å². The fraction of sp³-hybridized carbons (Fsp3) is 0.400. The number of carboxylic acid groups (broad SMARTS) is 1. The molecule has 1 unspecified atom stereocenters. The molecule has 4 N–H and O–H groups in total. The van der Waals surface area contributed by atoms with Crippen LogP contribution in [0.1, 0.15) is 73.5 Å². The van der Waals surface area contributed by atoms with Gasteiger partial charge >= 0.3 is 5.97 Å². The summed E-state index contributed by atoms with van der Waals surface area (Å²) in [6, 6.07) is 13.0. The second kappa shape index (κ2) is 9.24. The molecule has 0 saturated heterocycles. The number of aromatic carboxylic acids is 1. The lowest BCUT2D eigenvalue weighted by molar-refractivity contribution is 0.0697. The monoisotopic (exact) mass is 408 g/mol. The third kappa shape index (κ3) is 4.78. The average Bonchev–Trinajstić information content (AvgIpc) is 3.23. The van der Waals surface area contributed by atoms with Crippen molar-refractivity contribution in [1.29, 1.82) is 0 Å². The van der Waals surface area contributed by atoms with E-state index in [1.807, 2.05) is 24.3 Å². The lowest BCUT2D eigenvalue weighted by atomic mass is 9.90. The number of benzene rings is 2. The molecule has 0 bridgehead atoms. The van der Waals surface area contributed by atoms with E-state index in [0.29, 0.717) is 12.3 Å². The summed E-state index contributed by atoms with van der Waals surface area (Å²) >= 11 is 0. The van der Waals surface area contributed by atoms with Crippen molar-refractivity contribution < 1.29 is 14.6 Å². The van der Waals surface area contributed by atoms with Gasteiger partial charge in [-0.1, -0.05) is 38.8 Å². The number of carbonyl (C=O) groups is 1. The Hall–Kier alpha value is -2.95. The van der Waals surface area contributed by atoms with Gasteiger partial charge < -0.3 is 20.9 Å². The van der Waals surface area contributed by atoms with Crippen LogP contribution in [-0.2, 0) is 6.42 Å². The Balaban J connectivity index is 2.05. The van der Waals surface area contributed by atoms with Gasteiger partial charge in [-0.05, 0) is 61.2 Å². The second-order valence-electron chi connectivity index (χ2n) is 8.23. The summed E-state index contributed by atoms with van der Waals surface area (Å²) in [6.07, 6.45) is 5.12. The maximum Gasteiger partial charge on any atom is 0.335 e. The molecular formula is C25H32N2O3. The highest BCUT2D eigenvalue weighted by Crippen LogP contribution is 2.31.